The molecule has 0 aliphatic heterocycles. The molecule has 0 bridgehead atoms. The molecule has 0 fully saturated rings. The van der Waals surface area contributed by atoms with E-state index in [4.69, 9.17) is 9.47 Å². The van der Waals surface area contributed by atoms with Crippen molar-refractivity contribution in [1.29, 1.82) is 0 Å². The minimum absolute atomic E-state index is 0.00989. The number of carbonyl (C=O) groups is 2. The molecule has 10 heteroatoms. The number of aromatic nitrogens is 1. The summed E-state index contributed by atoms with van der Waals surface area (Å²) in [5.74, 6) is -0.398. The highest BCUT2D eigenvalue weighted by Gasteiger charge is 2.16. The minimum Gasteiger partial charge on any atom is -0.491 e. The van der Waals surface area contributed by atoms with Crippen molar-refractivity contribution >= 4 is 39.1 Å². The second-order valence-corrected chi connectivity index (χ2v) is 7.80. The van der Waals surface area contributed by atoms with Crippen LogP contribution in [0.5, 0.6) is 5.75 Å². The van der Waals surface area contributed by atoms with Crippen LogP contribution >= 0.6 is 11.3 Å². The number of rotatable bonds is 7. The third-order valence-electron chi connectivity index (χ3n) is 4.14. The number of non-ortho nitro benzene ring substituents is 1. The van der Waals surface area contributed by atoms with Crippen molar-refractivity contribution in [2.45, 2.75) is 33.4 Å². The summed E-state index contributed by atoms with van der Waals surface area (Å²) >= 11 is 1.16. The number of ether oxygens (including phenoxy) is 2. The maximum absolute atomic E-state index is 12.7. The Labute approximate surface area is 181 Å². The molecule has 0 radical (unpaired) electrons. The Bertz CT molecular complexity index is 1190. The van der Waals surface area contributed by atoms with Crippen LogP contribution in [-0.2, 0) is 16.1 Å². The van der Waals surface area contributed by atoms with Crippen molar-refractivity contribution in [2.24, 2.45) is 4.99 Å². The van der Waals surface area contributed by atoms with Gasteiger partial charge >= 0.3 is 5.97 Å². The number of benzene rings is 2. The first-order chi connectivity index (χ1) is 14.8. The Kier molecular flexibility index (Phi) is 6.81. The number of fused-ring (bicyclic) bond motifs is 1. The Morgan fingerprint density at radius 1 is 1.19 bits per heavy atom. The van der Waals surface area contributed by atoms with Crippen molar-refractivity contribution in [3.63, 3.8) is 0 Å². The van der Waals surface area contributed by atoms with Crippen LogP contribution in [0.25, 0.3) is 10.2 Å². The molecule has 1 aromatic heterocycles. The molecular formula is C21H21N3O6S. The average molecular weight is 443 g/mol. The summed E-state index contributed by atoms with van der Waals surface area (Å²) in [6, 6.07) is 10.9. The standard InChI is InChI=1S/C21H21N3O6S/c1-4-29-19(25)12-23-17-11-15(24(27)28)7-10-18(17)31-21(23)22-20(26)14-5-8-16(9-6-14)30-13(2)3/h5-11,13H,4,12H2,1-3H3. The van der Waals surface area contributed by atoms with Crippen LogP contribution in [0, 0.1) is 10.1 Å². The van der Waals surface area contributed by atoms with Crippen molar-refractivity contribution < 1.29 is 24.0 Å². The number of hydrogen-bond acceptors (Lipinski definition) is 7. The molecule has 0 spiro atoms. The maximum atomic E-state index is 12.7. The van der Waals surface area contributed by atoms with Crippen LogP contribution in [0.4, 0.5) is 5.69 Å². The number of hydrogen-bond donors (Lipinski definition) is 0. The van der Waals surface area contributed by atoms with Crippen molar-refractivity contribution in [3.8, 4) is 5.75 Å². The SMILES string of the molecule is CCOC(=O)Cn1c(=NC(=O)c2ccc(OC(C)C)cc2)sc2ccc([N+](=O)[O-])cc21. The fraction of sp³-hybridized carbons (Fsp3) is 0.286. The monoisotopic (exact) mass is 443 g/mol. The highest BCUT2D eigenvalue weighted by molar-refractivity contribution is 7.16. The van der Waals surface area contributed by atoms with Crippen LogP contribution < -0.4 is 9.54 Å². The van der Waals surface area contributed by atoms with Crippen LogP contribution in [0.2, 0.25) is 0 Å². The third kappa shape index (κ3) is 5.34. The number of thiazole rings is 1. The molecule has 0 aliphatic carbocycles. The smallest absolute Gasteiger partial charge is 0.326 e. The van der Waals surface area contributed by atoms with Gasteiger partial charge < -0.3 is 14.0 Å². The van der Waals surface area contributed by atoms with E-state index in [9.17, 15) is 19.7 Å². The Balaban J connectivity index is 2.04. The summed E-state index contributed by atoms with van der Waals surface area (Å²) in [5.41, 5.74) is 0.656. The van der Waals surface area contributed by atoms with Gasteiger partial charge in [-0.25, -0.2) is 0 Å². The Morgan fingerprint density at radius 3 is 2.52 bits per heavy atom. The summed E-state index contributed by atoms with van der Waals surface area (Å²) in [6.07, 6.45) is 0.00989. The lowest BCUT2D eigenvalue weighted by atomic mass is 10.2. The normalized spacial score (nSPS) is 11.7. The summed E-state index contributed by atoms with van der Waals surface area (Å²) < 4.78 is 12.7. The highest BCUT2D eigenvalue weighted by atomic mass is 32.1. The molecule has 0 atom stereocenters. The van der Waals surface area contributed by atoms with Gasteiger partial charge in [0.15, 0.2) is 4.80 Å². The highest BCUT2D eigenvalue weighted by Crippen LogP contribution is 2.23. The van der Waals surface area contributed by atoms with E-state index < -0.39 is 16.8 Å². The van der Waals surface area contributed by atoms with Crippen molar-refractivity contribution in [3.05, 3.63) is 62.9 Å². The zero-order valence-electron chi connectivity index (χ0n) is 17.2. The second kappa shape index (κ2) is 9.52. The number of amides is 1. The van der Waals surface area contributed by atoms with Gasteiger partial charge in [0.05, 0.1) is 27.9 Å². The van der Waals surface area contributed by atoms with Crippen LogP contribution in [-0.4, -0.2) is 34.1 Å². The predicted molar refractivity (Wildman–Crippen MR) is 115 cm³/mol. The molecule has 1 amide bonds. The quantitative estimate of drug-likeness (QED) is 0.313. The molecule has 0 saturated heterocycles. The third-order valence-corrected chi connectivity index (χ3v) is 5.20. The van der Waals surface area contributed by atoms with Gasteiger partial charge in [0.25, 0.3) is 11.6 Å². The minimum atomic E-state index is -0.530. The Hall–Kier alpha value is -3.53. The molecule has 0 N–H and O–H groups in total. The van der Waals surface area contributed by atoms with Gasteiger partial charge in [-0.15, -0.1) is 0 Å². The molecule has 162 valence electrons. The lowest BCUT2D eigenvalue weighted by Gasteiger charge is -2.09. The number of esters is 1. The largest absolute Gasteiger partial charge is 0.491 e. The first kappa shape index (κ1) is 22.2. The fourth-order valence-electron chi connectivity index (χ4n) is 2.84. The van der Waals surface area contributed by atoms with Gasteiger partial charge in [-0.05, 0) is 51.1 Å². The number of nitro benzene ring substituents is 1. The number of nitrogens with zero attached hydrogens (tertiary/aromatic N) is 3. The van der Waals surface area contributed by atoms with Gasteiger partial charge in [-0.1, -0.05) is 11.3 Å². The molecule has 3 rings (SSSR count). The summed E-state index contributed by atoms with van der Waals surface area (Å²) in [5, 5.41) is 11.2. The molecule has 0 aliphatic rings. The van der Waals surface area contributed by atoms with Crippen molar-refractivity contribution in [1.82, 2.24) is 4.57 Å². The molecule has 0 unspecified atom stereocenters. The van der Waals surface area contributed by atoms with Crippen LogP contribution in [0.1, 0.15) is 31.1 Å². The van der Waals surface area contributed by atoms with E-state index in [0.29, 0.717) is 21.5 Å². The van der Waals surface area contributed by atoms with E-state index in [0.717, 1.165) is 11.3 Å². The zero-order valence-corrected chi connectivity index (χ0v) is 18.0. The molecule has 2 aromatic carbocycles. The van der Waals surface area contributed by atoms with Gasteiger partial charge in [0, 0.05) is 17.7 Å². The molecule has 0 saturated carbocycles. The van der Waals surface area contributed by atoms with E-state index in [1.165, 1.54) is 16.7 Å². The molecule has 31 heavy (non-hydrogen) atoms. The maximum Gasteiger partial charge on any atom is 0.326 e. The van der Waals surface area contributed by atoms with E-state index in [-0.39, 0.29) is 29.7 Å². The predicted octanol–water partition coefficient (Wildman–Crippen LogP) is 3.70. The molecule has 3 aromatic rings. The topological polar surface area (TPSA) is 113 Å². The van der Waals surface area contributed by atoms with Gasteiger partial charge in [0.2, 0.25) is 0 Å². The summed E-state index contributed by atoms with van der Waals surface area (Å²) in [7, 11) is 0. The first-order valence-corrected chi connectivity index (χ1v) is 10.4. The molecule has 1 heterocycles. The Morgan fingerprint density at radius 2 is 1.90 bits per heavy atom. The molecule has 9 nitrogen and oxygen atoms in total. The van der Waals surface area contributed by atoms with E-state index >= 15 is 0 Å². The second-order valence-electron chi connectivity index (χ2n) is 6.79. The van der Waals surface area contributed by atoms with Gasteiger partial charge in [0.1, 0.15) is 12.3 Å². The number of carbonyl (C=O) groups excluding carboxylic acids is 2. The van der Waals surface area contributed by atoms with Gasteiger partial charge in [-0.3, -0.25) is 19.7 Å². The molecular weight excluding hydrogens is 422 g/mol. The van der Waals surface area contributed by atoms with E-state index in [1.54, 1.807) is 37.3 Å². The van der Waals surface area contributed by atoms with Crippen LogP contribution in [0.15, 0.2) is 47.5 Å². The van der Waals surface area contributed by atoms with Crippen LogP contribution in [0.3, 0.4) is 0 Å². The van der Waals surface area contributed by atoms with E-state index in [2.05, 4.69) is 4.99 Å². The first-order valence-electron chi connectivity index (χ1n) is 9.57. The summed E-state index contributed by atoms with van der Waals surface area (Å²) in [4.78, 5) is 39.9. The van der Waals surface area contributed by atoms with Crippen molar-refractivity contribution in [2.75, 3.05) is 6.61 Å². The average Bonchev–Trinajstić information content (AvgIpc) is 3.04. The number of nitro groups is 1. The summed E-state index contributed by atoms with van der Waals surface area (Å²) in [6.45, 7) is 5.46. The lowest BCUT2D eigenvalue weighted by Crippen LogP contribution is -2.23. The fourth-order valence-corrected chi connectivity index (χ4v) is 3.85. The zero-order chi connectivity index (χ0) is 22.5. The van der Waals surface area contributed by atoms with E-state index in [1.807, 2.05) is 13.8 Å². The lowest BCUT2D eigenvalue weighted by molar-refractivity contribution is -0.384. The van der Waals surface area contributed by atoms with Gasteiger partial charge in [-0.2, -0.15) is 4.99 Å².